The maximum absolute atomic E-state index is 5.79. The number of ether oxygens (including phenoxy) is 3. The summed E-state index contributed by atoms with van der Waals surface area (Å²) >= 11 is 0. The molecular formula is C23H36N6O3. The van der Waals surface area contributed by atoms with Crippen LogP contribution >= 0.6 is 0 Å². The molecule has 2 unspecified atom stereocenters. The van der Waals surface area contributed by atoms with Crippen molar-refractivity contribution in [1.29, 1.82) is 0 Å². The fourth-order valence-corrected chi connectivity index (χ4v) is 3.53. The van der Waals surface area contributed by atoms with Crippen LogP contribution in [0.3, 0.4) is 0 Å². The van der Waals surface area contributed by atoms with E-state index in [2.05, 4.69) is 33.8 Å². The lowest BCUT2D eigenvalue weighted by molar-refractivity contribution is 0.113. The Bertz CT molecular complexity index is 892. The molecule has 2 heterocycles. The summed E-state index contributed by atoms with van der Waals surface area (Å²) in [6.07, 6.45) is 2.38. The Morgan fingerprint density at radius 2 is 2.03 bits per heavy atom. The number of aliphatic imine (C=N–C) groups is 1. The third kappa shape index (κ3) is 6.35. The van der Waals surface area contributed by atoms with Crippen molar-refractivity contribution < 1.29 is 14.2 Å². The molecule has 32 heavy (non-hydrogen) atoms. The predicted molar refractivity (Wildman–Crippen MR) is 124 cm³/mol. The van der Waals surface area contributed by atoms with Crippen molar-refractivity contribution in [3.63, 3.8) is 0 Å². The maximum Gasteiger partial charge on any atom is 0.192 e. The Hall–Kier alpha value is -2.81. The molecule has 0 spiro atoms. The fraction of sp³-hybridized carbons (Fsp3) is 0.609. The van der Waals surface area contributed by atoms with Crippen LogP contribution in [-0.2, 0) is 18.3 Å². The van der Waals surface area contributed by atoms with Gasteiger partial charge in [-0.15, -0.1) is 10.2 Å². The third-order valence-corrected chi connectivity index (χ3v) is 5.50. The summed E-state index contributed by atoms with van der Waals surface area (Å²) in [7, 11) is 1.95. The van der Waals surface area contributed by atoms with Crippen LogP contribution in [0.25, 0.3) is 0 Å². The van der Waals surface area contributed by atoms with Gasteiger partial charge in [-0.2, -0.15) is 0 Å². The second-order valence-electron chi connectivity index (χ2n) is 7.84. The highest BCUT2D eigenvalue weighted by atomic mass is 16.5. The topological polar surface area (TPSA) is 94.8 Å². The number of hydrogen-bond donors (Lipinski definition) is 2. The molecule has 0 radical (unpaired) electrons. The van der Waals surface area contributed by atoms with Crippen molar-refractivity contribution in [3.05, 3.63) is 35.4 Å². The van der Waals surface area contributed by atoms with Crippen LogP contribution in [0.2, 0.25) is 0 Å². The highest BCUT2D eigenvalue weighted by Gasteiger charge is 2.17. The number of nitrogens with zero attached hydrogens (tertiary/aromatic N) is 4. The first kappa shape index (κ1) is 23.8. The van der Waals surface area contributed by atoms with Gasteiger partial charge < -0.3 is 29.4 Å². The molecule has 2 atom stereocenters. The molecular weight excluding hydrogens is 408 g/mol. The zero-order chi connectivity index (χ0) is 22.9. The lowest BCUT2D eigenvalue weighted by Gasteiger charge is -2.21. The van der Waals surface area contributed by atoms with Gasteiger partial charge in [-0.3, -0.25) is 0 Å². The second-order valence-corrected chi connectivity index (χ2v) is 7.84. The molecule has 2 N–H and O–H groups in total. The zero-order valence-corrected chi connectivity index (χ0v) is 19.9. The van der Waals surface area contributed by atoms with Gasteiger partial charge in [0, 0.05) is 20.2 Å². The van der Waals surface area contributed by atoms with E-state index >= 15 is 0 Å². The summed E-state index contributed by atoms with van der Waals surface area (Å²) in [6.45, 7) is 11.1. The van der Waals surface area contributed by atoms with Gasteiger partial charge in [-0.25, -0.2) is 4.99 Å². The molecule has 176 valence electrons. The van der Waals surface area contributed by atoms with Crippen LogP contribution in [-0.4, -0.2) is 53.2 Å². The standard InChI is InChI=1S/C23H36N6O3/c1-6-30-20-11-10-18(13-21(20)31-7-2)16(3)26-23(24-14-19-9-8-12-32-19)25-15-22-28-27-17(4)29(22)5/h10-11,13,16,19H,6-9,12,14-15H2,1-5H3,(H2,24,25,26). The third-order valence-electron chi connectivity index (χ3n) is 5.50. The largest absolute Gasteiger partial charge is 0.490 e. The number of aryl methyl sites for hydroxylation is 1. The number of rotatable bonds is 10. The predicted octanol–water partition coefficient (Wildman–Crippen LogP) is 2.90. The van der Waals surface area contributed by atoms with Crippen LogP contribution < -0.4 is 20.1 Å². The van der Waals surface area contributed by atoms with E-state index in [0.717, 1.165) is 48.2 Å². The van der Waals surface area contributed by atoms with Crippen molar-refractivity contribution in [3.8, 4) is 11.5 Å². The van der Waals surface area contributed by atoms with E-state index in [9.17, 15) is 0 Å². The van der Waals surface area contributed by atoms with E-state index in [4.69, 9.17) is 19.2 Å². The van der Waals surface area contributed by atoms with Crippen molar-refractivity contribution in [2.45, 2.75) is 59.2 Å². The number of nitrogens with one attached hydrogen (secondary N) is 2. The number of hydrogen-bond acceptors (Lipinski definition) is 6. The Morgan fingerprint density at radius 1 is 1.25 bits per heavy atom. The van der Waals surface area contributed by atoms with Gasteiger partial charge in [0.05, 0.1) is 25.4 Å². The minimum atomic E-state index is 0.00172. The average molecular weight is 445 g/mol. The summed E-state index contributed by atoms with van der Waals surface area (Å²) in [4.78, 5) is 4.76. The summed E-state index contributed by atoms with van der Waals surface area (Å²) in [5.74, 6) is 3.89. The van der Waals surface area contributed by atoms with Gasteiger partial charge in [0.15, 0.2) is 23.3 Å². The molecule has 1 aliphatic rings. The molecule has 2 aromatic rings. The summed E-state index contributed by atoms with van der Waals surface area (Å²) in [5.41, 5.74) is 1.08. The molecule has 3 rings (SSSR count). The van der Waals surface area contributed by atoms with Crippen molar-refractivity contribution in [1.82, 2.24) is 25.4 Å². The van der Waals surface area contributed by atoms with Crippen LogP contribution in [0.4, 0.5) is 0 Å². The summed E-state index contributed by atoms with van der Waals surface area (Å²) in [6, 6.07) is 6.04. The van der Waals surface area contributed by atoms with Crippen LogP contribution in [0.15, 0.2) is 23.2 Å². The van der Waals surface area contributed by atoms with Gasteiger partial charge in [0.2, 0.25) is 0 Å². The quantitative estimate of drug-likeness (QED) is 0.430. The molecule has 1 aromatic carbocycles. The van der Waals surface area contributed by atoms with E-state index in [1.807, 2.05) is 44.5 Å². The maximum atomic E-state index is 5.79. The van der Waals surface area contributed by atoms with E-state index < -0.39 is 0 Å². The lowest BCUT2D eigenvalue weighted by Crippen LogP contribution is -2.42. The monoisotopic (exact) mass is 444 g/mol. The van der Waals surface area contributed by atoms with Crippen molar-refractivity contribution >= 4 is 5.96 Å². The molecule has 9 heteroatoms. The Morgan fingerprint density at radius 3 is 2.69 bits per heavy atom. The molecule has 0 saturated carbocycles. The van der Waals surface area contributed by atoms with E-state index in [1.165, 1.54) is 0 Å². The van der Waals surface area contributed by atoms with Crippen molar-refractivity contribution in [2.24, 2.45) is 12.0 Å². The van der Waals surface area contributed by atoms with Gasteiger partial charge in [-0.05, 0) is 58.2 Å². The van der Waals surface area contributed by atoms with E-state index in [-0.39, 0.29) is 12.1 Å². The first-order valence-electron chi connectivity index (χ1n) is 11.4. The molecule has 0 bridgehead atoms. The summed E-state index contributed by atoms with van der Waals surface area (Å²) < 4.78 is 19.2. The molecule has 1 saturated heterocycles. The molecule has 1 aliphatic heterocycles. The molecule has 1 aromatic heterocycles. The van der Waals surface area contributed by atoms with Crippen LogP contribution in [0.1, 0.15) is 56.9 Å². The minimum Gasteiger partial charge on any atom is -0.490 e. The summed E-state index contributed by atoms with van der Waals surface area (Å²) in [5, 5.41) is 15.3. The lowest BCUT2D eigenvalue weighted by atomic mass is 10.1. The van der Waals surface area contributed by atoms with E-state index in [1.54, 1.807) is 0 Å². The van der Waals surface area contributed by atoms with Gasteiger partial charge in [-0.1, -0.05) is 6.07 Å². The zero-order valence-electron chi connectivity index (χ0n) is 19.9. The highest BCUT2D eigenvalue weighted by Crippen LogP contribution is 2.30. The van der Waals surface area contributed by atoms with E-state index in [0.29, 0.717) is 32.3 Å². The first-order valence-corrected chi connectivity index (χ1v) is 11.4. The van der Waals surface area contributed by atoms with Gasteiger partial charge >= 0.3 is 0 Å². The molecule has 1 fully saturated rings. The number of benzene rings is 1. The van der Waals surface area contributed by atoms with Crippen molar-refractivity contribution in [2.75, 3.05) is 26.4 Å². The Balaban J connectivity index is 1.73. The average Bonchev–Trinajstić information content (AvgIpc) is 3.42. The van der Waals surface area contributed by atoms with Gasteiger partial charge in [0.25, 0.3) is 0 Å². The first-order chi connectivity index (χ1) is 15.5. The number of guanidine groups is 1. The van der Waals surface area contributed by atoms with Gasteiger partial charge in [0.1, 0.15) is 12.4 Å². The number of aromatic nitrogens is 3. The SMILES string of the molecule is CCOc1ccc(C(C)NC(=NCc2nnc(C)n2C)NCC2CCCO2)cc1OCC. The molecule has 9 nitrogen and oxygen atoms in total. The normalized spacial score (nSPS) is 17.3. The van der Waals surface area contributed by atoms with Crippen LogP contribution in [0.5, 0.6) is 11.5 Å². The fourth-order valence-electron chi connectivity index (χ4n) is 3.53. The highest BCUT2D eigenvalue weighted by molar-refractivity contribution is 5.80. The minimum absolute atomic E-state index is 0.00172. The molecule has 0 aliphatic carbocycles. The smallest absolute Gasteiger partial charge is 0.192 e. The second kappa shape index (κ2) is 11.7. The molecule has 0 amide bonds. The van der Waals surface area contributed by atoms with Crippen LogP contribution in [0, 0.1) is 6.92 Å². The Kier molecular flexibility index (Phi) is 8.72. The Labute approximate surface area is 190 Å².